The molecule has 0 aliphatic rings. The van der Waals surface area contributed by atoms with E-state index in [4.69, 9.17) is 0 Å². The largest absolute Gasteiger partial charge is 0.103 e. The zero-order valence-corrected chi connectivity index (χ0v) is 8.16. The van der Waals surface area contributed by atoms with Crippen LogP contribution in [-0.2, 0) is 0 Å². The molecule has 0 heterocycles. The van der Waals surface area contributed by atoms with Gasteiger partial charge in [-0.3, -0.25) is 0 Å². The Morgan fingerprint density at radius 1 is 1.31 bits per heavy atom. The molecular formula is C13H16. The third-order valence-electron chi connectivity index (χ3n) is 2.03. The molecule has 0 saturated heterocycles. The van der Waals surface area contributed by atoms with Crippen LogP contribution in [0.3, 0.4) is 0 Å². The lowest BCUT2D eigenvalue weighted by Crippen LogP contribution is -1.79. The van der Waals surface area contributed by atoms with Crippen molar-refractivity contribution >= 4 is 6.08 Å². The molecule has 68 valence electrons. The predicted molar refractivity (Wildman–Crippen MR) is 59.5 cm³/mol. The SMILES string of the molecule is C=CC/C(=C/c1ccccc1)CC. The molecular weight excluding hydrogens is 156 g/mol. The first-order valence-electron chi connectivity index (χ1n) is 4.72. The van der Waals surface area contributed by atoms with Crippen LogP contribution in [-0.4, -0.2) is 0 Å². The molecule has 1 rings (SSSR count). The standard InChI is InChI=1S/C13H16/c1-3-8-12(4-2)11-13-9-6-5-7-10-13/h3,5-7,9-11H,1,4,8H2,2H3/b12-11+. The summed E-state index contributed by atoms with van der Waals surface area (Å²) in [4.78, 5) is 0. The van der Waals surface area contributed by atoms with Gasteiger partial charge >= 0.3 is 0 Å². The number of rotatable bonds is 4. The smallest absolute Gasteiger partial charge is 0.0138 e. The lowest BCUT2D eigenvalue weighted by Gasteiger charge is -2.00. The summed E-state index contributed by atoms with van der Waals surface area (Å²) >= 11 is 0. The molecule has 0 nitrogen and oxygen atoms in total. The Morgan fingerprint density at radius 3 is 2.54 bits per heavy atom. The van der Waals surface area contributed by atoms with E-state index in [0.717, 1.165) is 12.8 Å². The van der Waals surface area contributed by atoms with Gasteiger partial charge in [0.05, 0.1) is 0 Å². The van der Waals surface area contributed by atoms with Gasteiger partial charge in [0.15, 0.2) is 0 Å². The van der Waals surface area contributed by atoms with Crippen molar-refractivity contribution in [1.82, 2.24) is 0 Å². The lowest BCUT2D eigenvalue weighted by atomic mass is 10.1. The monoisotopic (exact) mass is 172 g/mol. The highest BCUT2D eigenvalue weighted by Gasteiger charge is 1.91. The van der Waals surface area contributed by atoms with Gasteiger partial charge in [-0.1, -0.05) is 55.0 Å². The number of allylic oxidation sites excluding steroid dienone is 2. The molecule has 13 heavy (non-hydrogen) atoms. The minimum absolute atomic E-state index is 0.991. The van der Waals surface area contributed by atoms with Crippen molar-refractivity contribution in [2.24, 2.45) is 0 Å². The molecule has 0 spiro atoms. The molecule has 0 heteroatoms. The highest BCUT2D eigenvalue weighted by atomic mass is 14.0. The maximum absolute atomic E-state index is 3.75. The summed E-state index contributed by atoms with van der Waals surface area (Å²) in [5, 5.41) is 0. The molecule has 0 saturated carbocycles. The van der Waals surface area contributed by atoms with E-state index in [0.29, 0.717) is 0 Å². The first-order valence-corrected chi connectivity index (χ1v) is 4.72. The zero-order chi connectivity index (χ0) is 9.52. The third kappa shape index (κ3) is 3.29. The van der Waals surface area contributed by atoms with Gasteiger partial charge in [0, 0.05) is 0 Å². The Labute approximate surface area is 80.6 Å². The van der Waals surface area contributed by atoms with Gasteiger partial charge in [-0.05, 0) is 18.4 Å². The van der Waals surface area contributed by atoms with Crippen LogP contribution in [0, 0.1) is 0 Å². The Morgan fingerprint density at radius 2 is 2.00 bits per heavy atom. The quantitative estimate of drug-likeness (QED) is 0.601. The van der Waals surface area contributed by atoms with Crippen LogP contribution < -0.4 is 0 Å². The van der Waals surface area contributed by atoms with Crippen LogP contribution in [0.1, 0.15) is 25.3 Å². The van der Waals surface area contributed by atoms with E-state index in [9.17, 15) is 0 Å². The molecule has 0 fully saturated rings. The minimum atomic E-state index is 0.991. The summed E-state index contributed by atoms with van der Waals surface area (Å²) in [5.74, 6) is 0. The first kappa shape index (κ1) is 9.79. The van der Waals surface area contributed by atoms with E-state index in [-0.39, 0.29) is 0 Å². The van der Waals surface area contributed by atoms with E-state index >= 15 is 0 Å². The molecule has 0 radical (unpaired) electrons. The maximum Gasteiger partial charge on any atom is -0.0138 e. The summed E-state index contributed by atoms with van der Waals surface area (Å²) < 4.78 is 0. The van der Waals surface area contributed by atoms with Gasteiger partial charge in [0.1, 0.15) is 0 Å². The van der Waals surface area contributed by atoms with E-state index in [1.807, 2.05) is 12.1 Å². The fourth-order valence-electron chi connectivity index (χ4n) is 1.28. The molecule has 0 unspecified atom stereocenters. The molecule has 1 aromatic rings. The Hall–Kier alpha value is -1.30. The van der Waals surface area contributed by atoms with Crippen LogP contribution >= 0.6 is 0 Å². The molecule has 0 amide bonds. The van der Waals surface area contributed by atoms with Gasteiger partial charge in [0.25, 0.3) is 0 Å². The Balaban J connectivity index is 2.78. The second-order valence-corrected chi connectivity index (χ2v) is 3.06. The normalized spacial score (nSPS) is 11.3. The Bertz CT molecular complexity index is 280. The minimum Gasteiger partial charge on any atom is -0.103 e. The maximum atomic E-state index is 3.75. The molecule has 0 N–H and O–H groups in total. The van der Waals surface area contributed by atoms with Crippen molar-refractivity contribution < 1.29 is 0 Å². The van der Waals surface area contributed by atoms with Crippen molar-refractivity contribution in [2.75, 3.05) is 0 Å². The third-order valence-corrected chi connectivity index (χ3v) is 2.03. The average molecular weight is 172 g/mol. The molecule has 0 atom stereocenters. The fraction of sp³-hybridized carbons (Fsp3) is 0.231. The van der Waals surface area contributed by atoms with Gasteiger partial charge < -0.3 is 0 Å². The summed E-state index contributed by atoms with van der Waals surface area (Å²) in [7, 11) is 0. The van der Waals surface area contributed by atoms with E-state index in [2.05, 4.69) is 43.8 Å². The van der Waals surface area contributed by atoms with E-state index in [1.54, 1.807) is 0 Å². The highest BCUT2D eigenvalue weighted by molar-refractivity contribution is 5.52. The second-order valence-electron chi connectivity index (χ2n) is 3.06. The first-order chi connectivity index (χ1) is 6.36. The van der Waals surface area contributed by atoms with Crippen LogP contribution in [0.5, 0.6) is 0 Å². The number of benzene rings is 1. The average Bonchev–Trinajstić information content (AvgIpc) is 2.19. The Kier molecular flexibility index (Phi) is 4.04. The van der Waals surface area contributed by atoms with Crippen molar-refractivity contribution in [1.29, 1.82) is 0 Å². The fourth-order valence-corrected chi connectivity index (χ4v) is 1.28. The zero-order valence-electron chi connectivity index (χ0n) is 8.16. The highest BCUT2D eigenvalue weighted by Crippen LogP contribution is 2.12. The van der Waals surface area contributed by atoms with E-state index < -0.39 is 0 Å². The molecule has 0 aromatic heterocycles. The van der Waals surface area contributed by atoms with Crippen molar-refractivity contribution in [3.63, 3.8) is 0 Å². The molecule has 0 bridgehead atoms. The lowest BCUT2D eigenvalue weighted by molar-refractivity contribution is 1.05. The van der Waals surface area contributed by atoms with Gasteiger partial charge in [0.2, 0.25) is 0 Å². The van der Waals surface area contributed by atoms with Crippen molar-refractivity contribution in [3.05, 3.63) is 54.1 Å². The summed E-state index contributed by atoms with van der Waals surface area (Å²) in [6.07, 6.45) is 6.28. The van der Waals surface area contributed by atoms with Crippen LogP contribution in [0.4, 0.5) is 0 Å². The molecule has 1 aromatic carbocycles. The predicted octanol–water partition coefficient (Wildman–Crippen LogP) is 4.06. The van der Waals surface area contributed by atoms with Crippen molar-refractivity contribution in [3.8, 4) is 0 Å². The second kappa shape index (κ2) is 5.36. The topological polar surface area (TPSA) is 0 Å². The van der Waals surface area contributed by atoms with Gasteiger partial charge in [-0.2, -0.15) is 0 Å². The number of hydrogen-bond donors (Lipinski definition) is 0. The van der Waals surface area contributed by atoms with Gasteiger partial charge in [-0.15, -0.1) is 6.58 Å². The van der Waals surface area contributed by atoms with Gasteiger partial charge in [-0.25, -0.2) is 0 Å². The van der Waals surface area contributed by atoms with E-state index in [1.165, 1.54) is 11.1 Å². The molecule has 0 aliphatic carbocycles. The van der Waals surface area contributed by atoms with Crippen LogP contribution in [0.15, 0.2) is 48.6 Å². The van der Waals surface area contributed by atoms with Crippen LogP contribution in [0.2, 0.25) is 0 Å². The van der Waals surface area contributed by atoms with Crippen molar-refractivity contribution in [2.45, 2.75) is 19.8 Å². The molecule has 0 aliphatic heterocycles. The van der Waals surface area contributed by atoms with Crippen LogP contribution in [0.25, 0.3) is 6.08 Å². The summed E-state index contributed by atoms with van der Waals surface area (Å²) in [6.45, 7) is 5.93. The number of hydrogen-bond acceptors (Lipinski definition) is 0. The summed E-state index contributed by atoms with van der Waals surface area (Å²) in [5.41, 5.74) is 2.71. The summed E-state index contributed by atoms with van der Waals surface area (Å²) in [6, 6.07) is 10.4.